The molecule has 3 rings (SSSR count). The smallest absolute Gasteiger partial charge is 0.377 e. The third kappa shape index (κ3) is 1.81. The Morgan fingerprint density at radius 1 is 1.11 bits per heavy atom. The second kappa shape index (κ2) is 3.73. The van der Waals surface area contributed by atoms with Gasteiger partial charge < -0.3 is 14.6 Å². The van der Waals surface area contributed by atoms with E-state index in [-0.39, 0.29) is 11.0 Å². The zero-order chi connectivity index (χ0) is 12.8. The second-order valence-electron chi connectivity index (χ2n) is 4.87. The van der Waals surface area contributed by atoms with Gasteiger partial charge in [0, 0.05) is 11.0 Å². The van der Waals surface area contributed by atoms with E-state index in [1.807, 2.05) is 0 Å². The van der Waals surface area contributed by atoms with Gasteiger partial charge in [0.05, 0.1) is 13.2 Å². The van der Waals surface area contributed by atoms with Crippen LogP contribution in [0.25, 0.3) is 0 Å². The lowest BCUT2D eigenvalue weighted by atomic mass is 10.1. The highest BCUT2D eigenvalue weighted by Crippen LogP contribution is 2.49. The summed E-state index contributed by atoms with van der Waals surface area (Å²) in [5, 5.41) is 8.67. The molecule has 0 atom stereocenters. The lowest BCUT2D eigenvalue weighted by Crippen LogP contribution is -2.17. The van der Waals surface area contributed by atoms with E-state index in [4.69, 9.17) is 14.6 Å². The van der Waals surface area contributed by atoms with E-state index in [0.717, 1.165) is 12.8 Å². The zero-order valence-electron chi connectivity index (χ0n) is 9.64. The summed E-state index contributed by atoms with van der Waals surface area (Å²) in [5.74, 6) is -1.39. The number of carboxylic acids is 1. The van der Waals surface area contributed by atoms with Crippen LogP contribution in [0.1, 0.15) is 23.2 Å². The number of carbonyl (C=O) groups excluding carboxylic acids is 1. The van der Waals surface area contributed by atoms with Gasteiger partial charge in [0.1, 0.15) is 0 Å². The van der Waals surface area contributed by atoms with Gasteiger partial charge in [-0.1, -0.05) is 0 Å². The van der Waals surface area contributed by atoms with Gasteiger partial charge in [0.25, 0.3) is 5.78 Å². The molecule has 5 heteroatoms. The van der Waals surface area contributed by atoms with Gasteiger partial charge in [0.2, 0.25) is 0 Å². The third-order valence-electron chi connectivity index (χ3n) is 3.42. The number of ether oxygens (including phenoxy) is 2. The summed E-state index contributed by atoms with van der Waals surface area (Å²) in [6.45, 7) is 1.18. The molecular weight excluding hydrogens is 236 g/mol. The number of rotatable bonds is 2. The minimum absolute atomic E-state index is 0.108. The number of benzene rings is 1. The monoisotopic (exact) mass is 248 g/mol. The molecule has 0 saturated heterocycles. The minimum Gasteiger partial charge on any atom is -0.489 e. The summed E-state index contributed by atoms with van der Waals surface area (Å²) < 4.78 is 11.3. The molecule has 1 heterocycles. The van der Waals surface area contributed by atoms with Crippen molar-refractivity contribution in [2.45, 2.75) is 12.8 Å². The van der Waals surface area contributed by atoms with E-state index in [9.17, 15) is 9.59 Å². The fourth-order valence-corrected chi connectivity index (χ4v) is 1.97. The van der Waals surface area contributed by atoms with Crippen LogP contribution < -0.4 is 9.47 Å². The van der Waals surface area contributed by atoms with Gasteiger partial charge in [-0.05, 0) is 31.0 Å². The van der Waals surface area contributed by atoms with Crippen molar-refractivity contribution in [3.8, 4) is 11.5 Å². The van der Waals surface area contributed by atoms with Crippen LogP contribution in [0.5, 0.6) is 11.5 Å². The Kier molecular flexibility index (Phi) is 2.29. The quantitative estimate of drug-likeness (QED) is 0.634. The van der Waals surface area contributed by atoms with Crippen LogP contribution in [0.3, 0.4) is 0 Å². The average Bonchev–Trinajstić information content (AvgIpc) is 3.16. The molecule has 1 aromatic rings. The first-order valence-corrected chi connectivity index (χ1v) is 5.77. The largest absolute Gasteiger partial charge is 0.489 e. The Bertz CT molecular complexity index is 530. The highest BCUT2D eigenvalue weighted by Gasteiger charge is 2.46. The molecular formula is C13H12O5. The lowest BCUT2D eigenvalue weighted by molar-refractivity contribution is -0.131. The molecule has 0 radical (unpaired) electrons. The molecule has 0 unspecified atom stereocenters. The van der Waals surface area contributed by atoms with Gasteiger partial charge in [0.15, 0.2) is 11.5 Å². The molecule has 1 aliphatic heterocycles. The second-order valence-corrected chi connectivity index (χ2v) is 4.87. The van der Waals surface area contributed by atoms with Crippen molar-refractivity contribution < 1.29 is 24.2 Å². The van der Waals surface area contributed by atoms with Crippen LogP contribution in [-0.2, 0) is 4.79 Å². The van der Waals surface area contributed by atoms with Crippen molar-refractivity contribution in [3.63, 3.8) is 0 Å². The molecule has 0 bridgehead atoms. The maximum atomic E-state index is 11.4. The summed E-state index contributed by atoms with van der Waals surface area (Å²) in [6, 6.07) is 4.48. The van der Waals surface area contributed by atoms with Crippen LogP contribution in [0, 0.1) is 5.41 Å². The zero-order valence-corrected chi connectivity index (χ0v) is 9.64. The van der Waals surface area contributed by atoms with Crippen molar-refractivity contribution in [1.82, 2.24) is 0 Å². The molecule has 1 saturated carbocycles. The lowest BCUT2D eigenvalue weighted by Gasteiger charge is -2.08. The number of carbonyl (C=O) groups is 2. The topological polar surface area (TPSA) is 72.8 Å². The summed E-state index contributed by atoms with van der Waals surface area (Å²) in [4.78, 5) is 22.0. The fourth-order valence-electron chi connectivity index (χ4n) is 1.97. The first-order chi connectivity index (χ1) is 8.60. The molecule has 1 aromatic carbocycles. The Hall–Kier alpha value is -2.04. The molecule has 18 heavy (non-hydrogen) atoms. The number of carboxylic acid groups (broad SMARTS) is 1. The summed E-state index contributed by atoms with van der Waals surface area (Å²) in [5.41, 5.74) is 0.229. The van der Waals surface area contributed by atoms with Gasteiger partial charge >= 0.3 is 5.97 Å². The molecule has 1 fully saturated rings. The van der Waals surface area contributed by atoms with Gasteiger partial charge in [-0.15, -0.1) is 0 Å². The van der Waals surface area contributed by atoms with Crippen molar-refractivity contribution in [2.24, 2.45) is 5.41 Å². The summed E-state index contributed by atoms with van der Waals surface area (Å²) in [6.07, 6.45) is 2.17. The Morgan fingerprint density at radius 2 is 1.78 bits per heavy atom. The molecule has 5 nitrogen and oxygen atoms in total. The number of fused-ring (bicyclic) bond motifs is 1. The Labute approximate surface area is 103 Å². The number of hydrogen-bond donors (Lipinski definition) is 1. The van der Waals surface area contributed by atoms with E-state index in [1.54, 1.807) is 6.07 Å². The molecule has 1 spiro atoms. The fraction of sp³-hybridized carbons (Fsp3) is 0.385. The van der Waals surface area contributed by atoms with Gasteiger partial charge in [-0.25, -0.2) is 4.79 Å². The molecule has 1 N–H and O–H groups in total. The standard InChI is InChI=1S/C13H12O5/c14-11(12(15)16)8-1-2-9-10(5-8)18-7-13(3-4-13)6-17-9/h1-2,5H,3-4,6-7H2,(H,15,16). The maximum absolute atomic E-state index is 11.4. The summed E-state index contributed by atoms with van der Waals surface area (Å²) >= 11 is 0. The predicted octanol–water partition coefficient (Wildman–Crippen LogP) is 1.51. The average molecular weight is 248 g/mol. The van der Waals surface area contributed by atoms with Crippen molar-refractivity contribution >= 4 is 11.8 Å². The van der Waals surface area contributed by atoms with Gasteiger partial charge in [-0.3, -0.25) is 4.79 Å². The SMILES string of the molecule is O=C(O)C(=O)c1ccc2c(c1)OCC1(CC1)CO2. The minimum atomic E-state index is -1.47. The third-order valence-corrected chi connectivity index (χ3v) is 3.42. The summed E-state index contributed by atoms with van der Waals surface area (Å²) in [7, 11) is 0. The van der Waals surface area contributed by atoms with E-state index in [1.165, 1.54) is 12.1 Å². The van der Waals surface area contributed by atoms with E-state index in [2.05, 4.69) is 0 Å². The molecule has 1 aliphatic carbocycles. The van der Waals surface area contributed by atoms with Crippen LogP contribution in [0.15, 0.2) is 18.2 Å². The first kappa shape index (κ1) is 11.1. The van der Waals surface area contributed by atoms with E-state index < -0.39 is 11.8 Å². The first-order valence-electron chi connectivity index (χ1n) is 5.77. The van der Waals surface area contributed by atoms with E-state index >= 15 is 0 Å². The Morgan fingerprint density at radius 3 is 2.39 bits per heavy atom. The van der Waals surface area contributed by atoms with Gasteiger partial charge in [-0.2, -0.15) is 0 Å². The Balaban J connectivity index is 1.89. The number of Topliss-reactive ketones (excluding diaryl/α,β-unsaturated/α-hetero) is 1. The number of ketones is 1. The van der Waals surface area contributed by atoms with Crippen molar-refractivity contribution in [3.05, 3.63) is 23.8 Å². The van der Waals surface area contributed by atoms with Crippen LogP contribution in [0.2, 0.25) is 0 Å². The highest BCUT2D eigenvalue weighted by atomic mass is 16.5. The van der Waals surface area contributed by atoms with Crippen LogP contribution in [0.4, 0.5) is 0 Å². The molecule has 0 aromatic heterocycles. The molecule has 0 amide bonds. The maximum Gasteiger partial charge on any atom is 0.377 e. The van der Waals surface area contributed by atoms with Crippen molar-refractivity contribution in [2.75, 3.05) is 13.2 Å². The molecule has 94 valence electrons. The van der Waals surface area contributed by atoms with Crippen molar-refractivity contribution in [1.29, 1.82) is 0 Å². The normalized spacial score (nSPS) is 19.1. The van der Waals surface area contributed by atoms with Crippen LogP contribution >= 0.6 is 0 Å². The number of hydrogen-bond acceptors (Lipinski definition) is 4. The van der Waals surface area contributed by atoms with E-state index in [0.29, 0.717) is 24.7 Å². The highest BCUT2D eigenvalue weighted by molar-refractivity contribution is 6.39. The predicted molar refractivity (Wildman–Crippen MR) is 61.1 cm³/mol. The molecule has 2 aliphatic rings. The number of aliphatic carboxylic acids is 1. The van der Waals surface area contributed by atoms with Crippen LogP contribution in [-0.4, -0.2) is 30.1 Å².